The van der Waals surface area contributed by atoms with Crippen LogP contribution < -0.4 is 9.04 Å². The summed E-state index contributed by atoms with van der Waals surface area (Å²) in [5.74, 6) is 0.681. The van der Waals surface area contributed by atoms with Crippen molar-refractivity contribution in [1.29, 1.82) is 0 Å². The SMILES string of the molecule is Cc1cccc(S(=O)(=O)N(c2ccccc2)c2ccc(OCC3CO3)cc2)c1. The van der Waals surface area contributed by atoms with Crippen LogP contribution in [0.1, 0.15) is 5.56 Å². The number of nitrogens with zero attached hydrogens (tertiary/aromatic N) is 1. The Morgan fingerprint density at radius 3 is 2.29 bits per heavy atom. The Bertz CT molecular complexity index is 1050. The average Bonchev–Trinajstić information content (AvgIpc) is 3.53. The van der Waals surface area contributed by atoms with E-state index in [2.05, 4.69) is 0 Å². The molecule has 3 aromatic rings. The molecule has 4 rings (SSSR count). The van der Waals surface area contributed by atoms with Gasteiger partial charge in [0.05, 0.1) is 22.9 Å². The predicted octanol–water partition coefficient (Wildman–Crippen LogP) is 4.30. The van der Waals surface area contributed by atoms with Gasteiger partial charge in [-0.15, -0.1) is 0 Å². The third-order valence-electron chi connectivity index (χ3n) is 4.43. The number of hydrogen-bond donors (Lipinski definition) is 0. The highest BCUT2D eigenvalue weighted by molar-refractivity contribution is 7.93. The number of epoxide rings is 1. The van der Waals surface area contributed by atoms with Crippen molar-refractivity contribution in [2.45, 2.75) is 17.9 Å². The van der Waals surface area contributed by atoms with Crippen LogP contribution in [0.15, 0.2) is 83.8 Å². The number of ether oxygens (including phenoxy) is 2. The lowest BCUT2D eigenvalue weighted by Crippen LogP contribution is -2.26. The van der Waals surface area contributed by atoms with Crippen molar-refractivity contribution < 1.29 is 17.9 Å². The fourth-order valence-corrected chi connectivity index (χ4v) is 4.50. The lowest BCUT2D eigenvalue weighted by atomic mass is 10.2. The molecular formula is C22H21NO4S. The smallest absolute Gasteiger partial charge is 0.268 e. The number of para-hydroxylation sites is 1. The van der Waals surface area contributed by atoms with Crippen molar-refractivity contribution in [2.75, 3.05) is 17.5 Å². The fraction of sp³-hybridized carbons (Fsp3) is 0.182. The molecule has 0 N–H and O–H groups in total. The first kappa shape index (κ1) is 18.5. The molecule has 3 aromatic carbocycles. The molecule has 1 heterocycles. The number of hydrogen-bond acceptors (Lipinski definition) is 4. The second kappa shape index (κ2) is 7.66. The van der Waals surface area contributed by atoms with Gasteiger partial charge in [0.1, 0.15) is 18.5 Å². The normalized spacial score (nSPS) is 15.8. The summed E-state index contributed by atoms with van der Waals surface area (Å²) in [5, 5.41) is 0. The van der Waals surface area contributed by atoms with Crippen LogP contribution >= 0.6 is 0 Å². The highest BCUT2D eigenvalue weighted by atomic mass is 32.2. The topological polar surface area (TPSA) is 59.1 Å². The maximum Gasteiger partial charge on any atom is 0.268 e. The van der Waals surface area contributed by atoms with Gasteiger partial charge in [-0.05, 0) is 61.0 Å². The molecule has 0 aromatic heterocycles. The molecule has 6 heteroatoms. The van der Waals surface area contributed by atoms with Gasteiger partial charge in [0.15, 0.2) is 0 Å². The fourth-order valence-electron chi connectivity index (χ4n) is 2.90. The molecule has 5 nitrogen and oxygen atoms in total. The summed E-state index contributed by atoms with van der Waals surface area (Å²) in [5.41, 5.74) is 2.01. The third kappa shape index (κ3) is 4.03. The van der Waals surface area contributed by atoms with Crippen LogP contribution in [0.2, 0.25) is 0 Å². The molecule has 0 radical (unpaired) electrons. The Kier molecular flexibility index (Phi) is 5.07. The first-order valence-electron chi connectivity index (χ1n) is 9.05. The van der Waals surface area contributed by atoms with E-state index in [-0.39, 0.29) is 11.0 Å². The van der Waals surface area contributed by atoms with Crippen LogP contribution in [0.25, 0.3) is 0 Å². The first-order chi connectivity index (χ1) is 13.5. The van der Waals surface area contributed by atoms with Crippen molar-refractivity contribution >= 4 is 21.4 Å². The summed E-state index contributed by atoms with van der Waals surface area (Å²) in [6.07, 6.45) is 0.169. The van der Waals surface area contributed by atoms with E-state index in [4.69, 9.17) is 9.47 Å². The number of benzene rings is 3. The summed E-state index contributed by atoms with van der Waals surface area (Å²) in [7, 11) is -3.79. The Morgan fingerprint density at radius 1 is 0.964 bits per heavy atom. The van der Waals surface area contributed by atoms with Gasteiger partial charge in [-0.1, -0.05) is 30.3 Å². The highest BCUT2D eigenvalue weighted by Crippen LogP contribution is 2.33. The summed E-state index contributed by atoms with van der Waals surface area (Å²) in [6.45, 7) is 3.11. The summed E-state index contributed by atoms with van der Waals surface area (Å²) < 4.78 is 39.1. The predicted molar refractivity (Wildman–Crippen MR) is 109 cm³/mol. The van der Waals surface area contributed by atoms with E-state index in [0.29, 0.717) is 23.7 Å². The van der Waals surface area contributed by atoms with Crippen LogP contribution in [0.3, 0.4) is 0 Å². The van der Waals surface area contributed by atoms with E-state index in [1.807, 2.05) is 31.2 Å². The molecule has 144 valence electrons. The zero-order valence-electron chi connectivity index (χ0n) is 15.5. The van der Waals surface area contributed by atoms with Crippen molar-refractivity contribution in [3.05, 3.63) is 84.4 Å². The minimum atomic E-state index is -3.79. The van der Waals surface area contributed by atoms with Gasteiger partial charge in [-0.25, -0.2) is 12.7 Å². The minimum absolute atomic E-state index is 0.169. The van der Waals surface area contributed by atoms with Gasteiger partial charge in [0.2, 0.25) is 0 Å². The molecule has 1 fully saturated rings. The van der Waals surface area contributed by atoms with Crippen LogP contribution in [0, 0.1) is 6.92 Å². The molecule has 1 unspecified atom stereocenters. The van der Waals surface area contributed by atoms with Crippen LogP contribution in [0.4, 0.5) is 11.4 Å². The molecule has 1 saturated heterocycles. The molecule has 0 aliphatic carbocycles. The second-order valence-corrected chi connectivity index (χ2v) is 8.47. The average molecular weight is 395 g/mol. The van der Waals surface area contributed by atoms with E-state index < -0.39 is 10.0 Å². The van der Waals surface area contributed by atoms with Gasteiger partial charge in [0.25, 0.3) is 10.0 Å². The monoisotopic (exact) mass is 395 g/mol. The highest BCUT2D eigenvalue weighted by Gasteiger charge is 2.27. The van der Waals surface area contributed by atoms with Gasteiger partial charge < -0.3 is 9.47 Å². The van der Waals surface area contributed by atoms with Crippen molar-refractivity contribution in [1.82, 2.24) is 0 Å². The second-order valence-electron chi connectivity index (χ2n) is 6.68. The van der Waals surface area contributed by atoms with Gasteiger partial charge in [-0.3, -0.25) is 0 Å². The Hall–Kier alpha value is -2.83. The van der Waals surface area contributed by atoms with E-state index >= 15 is 0 Å². The zero-order chi connectivity index (χ0) is 19.6. The van der Waals surface area contributed by atoms with Gasteiger partial charge in [0, 0.05) is 0 Å². The van der Waals surface area contributed by atoms with Crippen LogP contribution in [-0.4, -0.2) is 27.7 Å². The summed E-state index contributed by atoms with van der Waals surface area (Å²) in [4.78, 5) is 0.252. The summed E-state index contributed by atoms with van der Waals surface area (Å²) in [6, 6.07) is 23.0. The quantitative estimate of drug-likeness (QED) is 0.560. The maximum absolute atomic E-state index is 13.5. The Balaban J connectivity index is 1.71. The van der Waals surface area contributed by atoms with E-state index in [9.17, 15) is 8.42 Å². The molecule has 0 bridgehead atoms. The van der Waals surface area contributed by atoms with Gasteiger partial charge >= 0.3 is 0 Å². The molecule has 0 spiro atoms. The van der Waals surface area contributed by atoms with Gasteiger partial charge in [-0.2, -0.15) is 0 Å². The molecule has 1 atom stereocenters. The molecule has 1 aliphatic heterocycles. The summed E-state index contributed by atoms with van der Waals surface area (Å²) >= 11 is 0. The molecule has 0 amide bonds. The van der Waals surface area contributed by atoms with Crippen molar-refractivity contribution in [3.8, 4) is 5.75 Å². The van der Waals surface area contributed by atoms with Crippen molar-refractivity contribution in [2.24, 2.45) is 0 Å². The molecule has 28 heavy (non-hydrogen) atoms. The van der Waals surface area contributed by atoms with Crippen molar-refractivity contribution in [3.63, 3.8) is 0 Å². The number of rotatable bonds is 7. The number of anilines is 2. The minimum Gasteiger partial charge on any atom is -0.491 e. The number of sulfonamides is 1. The zero-order valence-corrected chi connectivity index (χ0v) is 16.3. The third-order valence-corrected chi connectivity index (χ3v) is 6.18. The first-order valence-corrected chi connectivity index (χ1v) is 10.5. The maximum atomic E-state index is 13.5. The molecule has 1 aliphatic rings. The number of aryl methyl sites for hydroxylation is 1. The van der Waals surface area contributed by atoms with Crippen LogP contribution in [-0.2, 0) is 14.8 Å². The van der Waals surface area contributed by atoms with E-state index in [1.165, 1.54) is 4.31 Å². The molecular weight excluding hydrogens is 374 g/mol. The van der Waals surface area contributed by atoms with Crippen LogP contribution in [0.5, 0.6) is 5.75 Å². The Labute approximate surface area is 165 Å². The Morgan fingerprint density at radius 2 is 1.64 bits per heavy atom. The lowest BCUT2D eigenvalue weighted by molar-refractivity contribution is 0.263. The standard InChI is InChI=1S/C22H21NO4S/c1-17-6-5-9-22(14-17)28(24,25)23(18-7-3-2-4-8-18)19-10-12-20(13-11-19)26-15-21-16-27-21/h2-14,21H,15-16H2,1H3. The molecule has 0 saturated carbocycles. The lowest BCUT2D eigenvalue weighted by Gasteiger charge is -2.25. The van der Waals surface area contributed by atoms with E-state index in [0.717, 1.165) is 12.2 Å². The van der Waals surface area contributed by atoms with E-state index in [1.54, 1.807) is 54.6 Å². The largest absolute Gasteiger partial charge is 0.491 e.